The van der Waals surface area contributed by atoms with Gasteiger partial charge in [0.05, 0.1) is 6.61 Å². The van der Waals surface area contributed by atoms with Crippen molar-refractivity contribution in [1.29, 1.82) is 0 Å². The summed E-state index contributed by atoms with van der Waals surface area (Å²) in [6, 6.07) is 7.82. The summed E-state index contributed by atoms with van der Waals surface area (Å²) in [6.45, 7) is 1.61. The molecule has 0 saturated heterocycles. The van der Waals surface area contributed by atoms with Crippen LogP contribution in [0, 0.1) is 0 Å². The lowest BCUT2D eigenvalue weighted by atomic mass is 10.2. The molecule has 3 aromatic rings. The fraction of sp³-hybridized carbons (Fsp3) is 0.312. The van der Waals surface area contributed by atoms with Crippen molar-refractivity contribution < 1.29 is 4.74 Å². The second-order valence-electron chi connectivity index (χ2n) is 5.05. The van der Waals surface area contributed by atoms with E-state index in [0.717, 1.165) is 42.3 Å². The van der Waals surface area contributed by atoms with Crippen molar-refractivity contribution in [2.45, 2.75) is 25.8 Å². The maximum Gasteiger partial charge on any atom is 0.137 e. The van der Waals surface area contributed by atoms with Gasteiger partial charge >= 0.3 is 0 Å². The molecular formula is C16H17ClN4O. The quantitative estimate of drug-likeness (QED) is 0.492. The summed E-state index contributed by atoms with van der Waals surface area (Å²) in [6.07, 6.45) is 8.20. The van der Waals surface area contributed by atoms with E-state index in [2.05, 4.69) is 15.1 Å². The van der Waals surface area contributed by atoms with E-state index >= 15 is 0 Å². The van der Waals surface area contributed by atoms with Crippen LogP contribution in [0.15, 0.2) is 43.1 Å². The first-order chi connectivity index (χ1) is 10.8. The van der Waals surface area contributed by atoms with E-state index < -0.39 is 0 Å². The summed E-state index contributed by atoms with van der Waals surface area (Å²) < 4.78 is 7.64. The molecule has 0 aliphatic heterocycles. The van der Waals surface area contributed by atoms with Gasteiger partial charge < -0.3 is 4.74 Å². The lowest BCUT2D eigenvalue weighted by Gasteiger charge is -2.08. The predicted molar refractivity (Wildman–Crippen MR) is 86.1 cm³/mol. The molecule has 2 heterocycles. The molecule has 0 unspecified atom stereocenters. The smallest absolute Gasteiger partial charge is 0.137 e. The Bertz CT molecular complexity index is 730. The number of rotatable bonds is 7. The van der Waals surface area contributed by atoms with Gasteiger partial charge in [0.1, 0.15) is 23.6 Å². The average Bonchev–Trinajstić information content (AvgIpc) is 3.04. The third kappa shape index (κ3) is 3.74. The van der Waals surface area contributed by atoms with Crippen LogP contribution >= 0.6 is 11.6 Å². The number of benzene rings is 1. The molecule has 0 atom stereocenters. The zero-order valence-corrected chi connectivity index (χ0v) is 12.9. The Kier molecular flexibility index (Phi) is 4.85. The van der Waals surface area contributed by atoms with Gasteiger partial charge in [-0.1, -0.05) is 11.6 Å². The van der Waals surface area contributed by atoms with E-state index in [9.17, 15) is 0 Å². The van der Waals surface area contributed by atoms with E-state index in [1.54, 1.807) is 18.9 Å². The SMILES string of the molecule is Clc1nccc2cc(OCCCCCn3cncn3)ccc12. The van der Waals surface area contributed by atoms with E-state index in [4.69, 9.17) is 16.3 Å². The molecule has 114 valence electrons. The number of nitrogens with zero attached hydrogens (tertiary/aromatic N) is 4. The van der Waals surface area contributed by atoms with Gasteiger partial charge in [0, 0.05) is 18.1 Å². The molecular weight excluding hydrogens is 300 g/mol. The van der Waals surface area contributed by atoms with Crippen LogP contribution in [0.4, 0.5) is 0 Å². The number of halogens is 1. The summed E-state index contributed by atoms with van der Waals surface area (Å²) in [7, 11) is 0. The van der Waals surface area contributed by atoms with Crippen LogP contribution in [0.5, 0.6) is 5.75 Å². The third-order valence-electron chi connectivity index (χ3n) is 3.45. The molecule has 3 rings (SSSR count). The maximum absolute atomic E-state index is 6.05. The summed E-state index contributed by atoms with van der Waals surface area (Å²) >= 11 is 6.05. The first-order valence-corrected chi connectivity index (χ1v) is 7.70. The van der Waals surface area contributed by atoms with Crippen molar-refractivity contribution in [2.24, 2.45) is 0 Å². The van der Waals surface area contributed by atoms with Gasteiger partial charge in [-0.05, 0) is 48.9 Å². The number of ether oxygens (including phenoxy) is 1. The Morgan fingerprint density at radius 2 is 2.09 bits per heavy atom. The summed E-state index contributed by atoms with van der Waals surface area (Å²) in [5.74, 6) is 0.867. The molecule has 0 amide bonds. The van der Waals surface area contributed by atoms with E-state index in [-0.39, 0.29) is 0 Å². The Morgan fingerprint density at radius 3 is 2.95 bits per heavy atom. The molecule has 0 spiro atoms. The number of hydrogen-bond donors (Lipinski definition) is 0. The molecule has 0 N–H and O–H groups in total. The van der Waals surface area contributed by atoms with Gasteiger partial charge in [0.25, 0.3) is 0 Å². The van der Waals surface area contributed by atoms with Crippen LogP contribution in [0.2, 0.25) is 5.15 Å². The summed E-state index contributed by atoms with van der Waals surface area (Å²) in [5.41, 5.74) is 0. The maximum atomic E-state index is 6.05. The van der Waals surface area contributed by atoms with Gasteiger partial charge in [0.2, 0.25) is 0 Å². The number of aryl methyl sites for hydroxylation is 1. The highest BCUT2D eigenvalue weighted by Gasteiger charge is 2.02. The number of aromatic nitrogens is 4. The first-order valence-electron chi connectivity index (χ1n) is 7.32. The molecule has 22 heavy (non-hydrogen) atoms. The van der Waals surface area contributed by atoms with Crippen LogP contribution in [-0.4, -0.2) is 26.4 Å². The van der Waals surface area contributed by atoms with Gasteiger partial charge in [-0.2, -0.15) is 5.10 Å². The monoisotopic (exact) mass is 316 g/mol. The average molecular weight is 317 g/mol. The van der Waals surface area contributed by atoms with E-state index in [1.807, 2.05) is 28.9 Å². The second-order valence-corrected chi connectivity index (χ2v) is 5.41. The largest absolute Gasteiger partial charge is 0.494 e. The highest BCUT2D eigenvalue weighted by atomic mass is 35.5. The number of unbranched alkanes of at least 4 members (excludes halogenated alkanes) is 2. The Morgan fingerprint density at radius 1 is 1.14 bits per heavy atom. The molecule has 0 fully saturated rings. The Hall–Kier alpha value is -2.14. The van der Waals surface area contributed by atoms with Crippen molar-refractivity contribution in [1.82, 2.24) is 19.7 Å². The Labute approximate surface area is 133 Å². The van der Waals surface area contributed by atoms with Crippen LogP contribution in [-0.2, 0) is 6.54 Å². The van der Waals surface area contributed by atoms with Crippen molar-refractivity contribution in [3.05, 3.63) is 48.3 Å². The lowest BCUT2D eigenvalue weighted by Crippen LogP contribution is -2.01. The lowest BCUT2D eigenvalue weighted by molar-refractivity contribution is 0.303. The van der Waals surface area contributed by atoms with Crippen LogP contribution < -0.4 is 4.74 Å². The fourth-order valence-corrected chi connectivity index (χ4v) is 2.53. The van der Waals surface area contributed by atoms with Gasteiger partial charge in [-0.15, -0.1) is 0 Å². The zero-order chi connectivity index (χ0) is 15.2. The number of pyridine rings is 1. The van der Waals surface area contributed by atoms with Crippen LogP contribution in [0.3, 0.4) is 0 Å². The zero-order valence-electron chi connectivity index (χ0n) is 12.2. The molecule has 0 aliphatic rings. The summed E-state index contributed by atoms with van der Waals surface area (Å²) in [5, 5.41) is 6.59. The van der Waals surface area contributed by atoms with Gasteiger partial charge in [-0.25, -0.2) is 9.97 Å². The standard InChI is InChI=1S/C16H17ClN4O/c17-16-15-5-4-14(10-13(15)6-7-19-16)22-9-3-1-2-8-21-12-18-11-20-21/h4-7,10-12H,1-3,8-9H2. The number of fused-ring (bicyclic) bond motifs is 1. The molecule has 0 bridgehead atoms. The minimum atomic E-state index is 0.525. The normalized spacial score (nSPS) is 11.0. The highest BCUT2D eigenvalue weighted by Crippen LogP contribution is 2.25. The molecule has 0 aliphatic carbocycles. The van der Waals surface area contributed by atoms with E-state index in [1.165, 1.54) is 0 Å². The molecule has 0 saturated carbocycles. The van der Waals surface area contributed by atoms with Gasteiger partial charge in [0.15, 0.2) is 0 Å². The number of hydrogen-bond acceptors (Lipinski definition) is 4. The van der Waals surface area contributed by atoms with E-state index in [0.29, 0.717) is 11.8 Å². The Balaban J connectivity index is 1.43. The molecule has 2 aromatic heterocycles. The van der Waals surface area contributed by atoms with Crippen molar-refractivity contribution in [2.75, 3.05) is 6.61 Å². The fourth-order valence-electron chi connectivity index (χ4n) is 2.30. The summed E-state index contributed by atoms with van der Waals surface area (Å²) in [4.78, 5) is 7.99. The minimum absolute atomic E-state index is 0.525. The topological polar surface area (TPSA) is 52.8 Å². The molecule has 6 heteroatoms. The van der Waals surface area contributed by atoms with Crippen molar-refractivity contribution >= 4 is 22.4 Å². The molecule has 1 aromatic carbocycles. The molecule has 5 nitrogen and oxygen atoms in total. The highest BCUT2D eigenvalue weighted by molar-refractivity contribution is 6.34. The first kappa shape index (κ1) is 14.8. The minimum Gasteiger partial charge on any atom is -0.494 e. The van der Waals surface area contributed by atoms with Crippen molar-refractivity contribution in [3.8, 4) is 5.75 Å². The molecule has 0 radical (unpaired) electrons. The van der Waals surface area contributed by atoms with Crippen LogP contribution in [0.25, 0.3) is 10.8 Å². The third-order valence-corrected chi connectivity index (χ3v) is 3.76. The second kappa shape index (κ2) is 7.22. The van der Waals surface area contributed by atoms with Crippen molar-refractivity contribution in [3.63, 3.8) is 0 Å². The van der Waals surface area contributed by atoms with Crippen LogP contribution in [0.1, 0.15) is 19.3 Å². The van der Waals surface area contributed by atoms with Gasteiger partial charge in [-0.3, -0.25) is 4.68 Å². The predicted octanol–water partition coefficient (Wildman–Crippen LogP) is 3.73.